The van der Waals surface area contributed by atoms with Crippen LogP contribution in [0.25, 0.3) is 10.9 Å². The first-order valence-electron chi connectivity index (χ1n) is 7.32. The third-order valence-corrected chi connectivity index (χ3v) is 3.64. The van der Waals surface area contributed by atoms with Crippen LogP contribution in [0.4, 0.5) is 5.82 Å². The number of carbonyl (C=O) groups is 1. The van der Waals surface area contributed by atoms with Crippen LogP contribution in [-0.2, 0) is 6.54 Å². The van der Waals surface area contributed by atoms with E-state index in [0.717, 1.165) is 5.56 Å². The fraction of sp³-hybridized carbons (Fsp3) is 0.167. The maximum atomic E-state index is 11.3. The minimum absolute atomic E-state index is 0.180. The van der Waals surface area contributed by atoms with E-state index in [-0.39, 0.29) is 5.56 Å². The topological polar surface area (TPSA) is 75.1 Å². The highest BCUT2D eigenvalue weighted by molar-refractivity contribution is 6.04. The van der Waals surface area contributed by atoms with E-state index in [0.29, 0.717) is 23.3 Å². The Kier molecular flexibility index (Phi) is 3.93. The van der Waals surface area contributed by atoms with Crippen molar-refractivity contribution in [3.8, 4) is 0 Å². The van der Waals surface area contributed by atoms with Gasteiger partial charge in [-0.3, -0.25) is 0 Å². The summed E-state index contributed by atoms with van der Waals surface area (Å²) in [5.41, 5.74) is 4.20. The number of aromatic nitrogens is 2. The third-order valence-electron chi connectivity index (χ3n) is 3.64. The normalized spacial score (nSPS) is 10.7. The van der Waals surface area contributed by atoms with Crippen molar-refractivity contribution in [2.75, 3.05) is 5.32 Å². The van der Waals surface area contributed by atoms with Gasteiger partial charge in [-0.25, -0.2) is 14.8 Å². The maximum absolute atomic E-state index is 11.3. The lowest BCUT2D eigenvalue weighted by Crippen LogP contribution is -2.05. The van der Waals surface area contributed by atoms with Gasteiger partial charge in [-0.05, 0) is 31.5 Å². The molecule has 5 nitrogen and oxygen atoms in total. The molecule has 0 bridgehead atoms. The molecule has 0 amide bonds. The van der Waals surface area contributed by atoms with E-state index in [4.69, 9.17) is 0 Å². The average Bonchev–Trinajstić information content (AvgIpc) is 2.51. The Morgan fingerprint density at radius 1 is 1.13 bits per heavy atom. The zero-order valence-corrected chi connectivity index (χ0v) is 13.0. The highest BCUT2D eigenvalue weighted by atomic mass is 16.4. The lowest BCUT2D eigenvalue weighted by atomic mass is 10.1. The number of rotatable bonds is 4. The van der Waals surface area contributed by atoms with E-state index in [1.165, 1.54) is 17.5 Å². The van der Waals surface area contributed by atoms with Crippen molar-refractivity contribution < 1.29 is 9.90 Å². The van der Waals surface area contributed by atoms with Crippen molar-refractivity contribution >= 4 is 22.7 Å². The summed E-state index contributed by atoms with van der Waals surface area (Å²) in [7, 11) is 0. The highest BCUT2D eigenvalue weighted by Gasteiger charge is 2.12. The zero-order valence-electron chi connectivity index (χ0n) is 13.0. The maximum Gasteiger partial charge on any atom is 0.337 e. The molecule has 2 N–H and O–H groups in total. The molecule has 2 aromatic carbocycles. The molecular formula is C18H17N3O2. The van der Waals surface area contributed by atoms with Gasteiger partial charge < -0.3 is 10.4 Å². The summed E-state index contributed by atoms with van der Waals surface area (Å²) in [5, 5.41) is 13.2. The molecule has 0 aliphatic rings. The van der Waals surface area contributed by atoms with E-state index in [1.807, 2.05) is 6.07 Å². The monoisotopic (exact) mass is 307 g/mol. The quantitative estimate of drug-likeness (QED) is 0.771. The van der Waals surface area contributed by atoms with Gasteiger partial charge in [0.1, 0.15) is 12.1 Å². The van der Waals surface area contributed by atoms with E-state index >= 15 is 0 Å². The number of hydrogen-bond donors (Lipinski definition) is 2. The minimum Gasteiger partial charge on any atom is -0.478 e. The Bertz CT molecular complexity index is 870. The van der Waals surface area contributed by atoms with E-state index < -0.39 is 5.97 Å². The third kappa shape index (κ3) is 3.13. The lowest BCUT2D eigenvalue weighted by molar-refractivity contribution is 0.0699. The van der Waals surface area contributed by atoms with Gasteiger partial charge >= 0.3 is 5.97 Å². The van der Waals surface area contributed by atoms with Crippen molar-refractivity contribution in [3.05, 3.63) is 65.0 Å². The highest BCUT2D eigenvalue weighted by Crippen LogP contribution is 2.23. The van der Waals surface area contributed by atoms with Gasteiger partial charge in [0.25, 0.3) is 0 Å². The predicted octanol–water partition coefficient (Wildman–Crippen LogP) is 3.56. The van der Waals surface area contributed by atoms with E-state index in [9.17, 15) is 9.90 Å². The first-order chi connectivity index (χ1) is 11.0. The number of anilines is 1. The van der Waals surface area contributed by atoms with Crippen LogP contribution in [0.3, 0.4) is 0 Å². The van der Waals surface area contributed by atoms with Gasteiger partial charge in [-0.15, -0.1) is 0 Å². The van der Waals surface area contributed by atoms with Crippen molar-refractivity contribution in [2.24, 2.45) is 0 Å². The summed E-state index contributed by atoms with van der Waals surface area (Å²) in [6, 6.07) is 11.4. The Balaban J connectivity index is 1.94. The van der Waals surface area contributed by atoms with Gasteiger partial charge in [0.2, 0.25) is 0 Å². The molecule has 0 radical (unpaired) electrons. The molecule has 0 spiro atoms. The van der Waals surface area contributed by atoms with Gasteiger partial charge in [-0.1, -0.05) is 35.4 Å². The van der Waals surface area contributed by atoms with Crippen molar-refractivity contribution in [3.63, 3.8) is 0 Å². The molecule has 3 rings (SSSR count). The summed E-state index contributed by atoms with van der Waals surface area (Å²) in [6.07, 6.45) is 1.39. The molecule has 0 atom stereocenters. The lowest BCUT2D eigenvalue weighted by Gasteiger charge is -2.10. The van der Waals surface area contributed by atoms with Crippen LogP contribution in [0.5, 0.6) is 0 Å². The SMILES string of the molecule is Cc1cc(C)cc(CNc2ncnc3c(C(=O)O)cccc23)c1. The molecule has 23 heavy (non-hydrogen) atoms. The number of aryl methyl sites for hydroxylation is 2. The number of hydrogen-bond acceptors (Lipinski definition) is 4. The van der Waals surface area contributed by atoms with Crippen molar-refractivity contribution in [1.29, 1.82) is 0 Å². The number of benzene rings is 2. The van der Waals surface area contributed by atoms with Crippen molar-refractivity contribution in [2.45, 2.75) is 20.4 Å². The number of nitrogens with one attached hydrogen (secondary N) is 1. The summed E-state index contributed by atoms with van der Waals surface area (Å²) < 4.78 is 0. The standard InChI is InChI=1S/C18H17N3O2/c1-11-6-12(2)8-13(7-11)9-19-17-14-4-3-5-15(18(22)23)16(14)20-10-21-17/h3-8,10H,9H2,1-2H3,(H,22,23)(H,19,20,21). The fourth-order valence-electron chi connectivity index (χ4n) is 2.76. The molecule has 1 aromatic heterocycles. The number of fused-ring (bicyclic) bond motifs is 1. The summed E-state index contributed by atoms with van der Waals surface area (Å²) >= 11 is 0. The molecule has 0 fully saturated rings. The molecule has 0 saturated carbocycles. The van der Waals surface area contributed by atoms with Gasteiger partial charge in [0.15, 0.2) is 0 Å². The van der Waals surface area contributed by atoms with Crippen LogP contribution >= 0.6 is 0 Å². The van der Waals surface area contributed by atoms with Crippen LogP contribution in [0.2, 0.25) is 0 Å². The smallest absolute Gasteiger partial charge is 0.337 e. The molecule has 0 aliphatic carbocycles. The Morgan fingerprint density at radius 2 is 1.87 bits per heavy atom. The van der Waals surface area contributed by atoms with Crippen LogP contribution in [0.15, 0.2) is 42.7 Å². The molecule has 0 saturated heterocycles. The summed E-state index contributed by atoms with van der Waals surface area (Å²) in [5.74, 6) is -0.355. The largest absolute Gasteiger partial charge is 0.478 e. The summed E-state index contributed by atoms with van der Waals surface area (Å²) in [6.45, 7) is 4.75. The van der Waals surface area contributed by atoms with Crippen LogP contribution in [0.1, 0.15) is 27.0 Å². The second-order valence-corrected chi connectivity index (χ2v) is 5.58. The van der Waals surface area contributed by atoms with E-state index in [2.05, 4.69) is 47.3 Å². The van der Waals surface area contributed by atoms with Crippen LogP contribution in [-0.4, -0.2) is 21.0 Å². The average molecular weight is 307 g/mol. The number of nitrogens with zero attached hydrogens (tertiary/aromatic N) is 2. The fourth-order valence-corrected chi connectivity index (χ4v) is 2.76. The summed E-state index contributed by atoms with van der Waals surface area (Å²) in [4.78, 5) is 19.7. The number of carboxylic acids is 1. The van der Waals surface area contributed by atoms with Crippen molar-refractivity contribution in [1.82, 2.24) is 9.97 Å². The first-order valence-corrected chi connectivity index (χ1v) is 7.32. The first kappa shape index (κ1) is 15.0. The van der Waals surface area contributed by atoms with Gasteiger partial charge in [0.05, 0.1) is 11.1 Å². The molecule has 3 aromatic rings. The van der Waals surface area contributed by atoms with Gasteiger partial charge in [0, 0.05) is 11.9 Å². The zero-order chi connectivity index (χ0) is 16.4. The second kappa shape index (κ2) is 6.04. The van der Waals surface area contributed by atoms with Crippen LogP contribution < -0.4 is 5.32 Å². The molecule has 116 valence electrons. The molecule has 0 unspecified atom stereocenters. The van der Waals surface area contributed by atoms with E-state index in [1.54, 1.807) is 12.1 Å². The number of carboxylic acid groups (broad SMARTS) is 1. The molecular weight excluding hydrogens is 290 g/mol. The predicted molar refractivity (Wildman–Crippen MR) is 89.7 cm³/mol. The minimum atomic E-state index is -0.991. The van der Waals surface area contributed by atoms with Gasteiger partial charge in [-0.2, -0.15) is 0 Å². The molecule has 1 heterocycles. The van der Waals surface area contributed by atoms with Crippen LogP contribution in [0, 0.1) is 13.8 Å². The Morgan fingerprint density at radius 3 is 2.57 bits per heavy atom. The molecule has 0 aliphatic heterocycles. The number of aromatic carboxylic acids is 1. The molecule has 5 heteroatoms. The Labute approximate surface area is 134 Å². The number of para-hydroxylation sites is 1. The second-order valence-electron chi connectivity index (χ2n) is 5.58. The Hall–Kier alpha value is -2.95.